The molecule has 2 saturated heterocycles. The van der Waals surface area contributed by atoms with E-state index in [9.17, 15) is 19.7 Å². The summed E-state index contributed by atoms with van der Waals surface area (Å²) in [5, 5.41) is 13.5. The third-order valence-corrected chi connectivity index (χ3v) is 6.50. The molecule has 0 spiro atoms. The van der Waals surface area contributed by atoms with E-state index in [0.29, 0.717) is 17.1 Å². The van der Waals surface area contributed by atoms with Crippen molar-refractivity contribution in [2.24, 2.45) is 5.92 Å². The van der Waals surface area contributed by atoms with Gasteiger partial charge in [0.05, 0.1) is 49.3 Å². The molecule has 0 aromatic heterocycles. The van der Waals surface area contributed by atoms with Crippen LogP contribution in [0.4, 0.5) is 17.1 Å². The van der Waals surface area contributed by atoms with Crippen molar-refractivity contribution >= 4 is 28.9 Å². The zero-order valence-electron chi connectivity index (χ0n) is 20.2. The highest BCUT2D eigenvalue weighted by molar-refractivity contribution is 6.24. The minimum Gasteiger partial charge on any atom is -0.497 e. The maximum atomic E-state index is 13.8. The van der Waals surface area contributed by atoms with Crippen LogP contribution in [0.15, 0.2) is 66.7 Å². The predicted molar refractivity (Wildman–Crippen MR) is 132 cm³/mol. The molecule has 2 fully saturated rings. The summed E-state index contributed by atoms with van der Waals surface area (Å²) >= 11 is 0. The lowest BCUT2D eigenvalue weighted by Gasteiger charge is -2.29. The number of hydrogen-bond acceptors (Lipinski definition) is 9. The summed E-state index contributed by atoms with van der Waals surface area (Å²) in [4.78, 5) is 46.0. The number of benzene rings is 3. The highest BCUT2D eigenvalue weighted by atomic mass is 16.7. The fourth-order valence-corrected chi connectivity index (χ4v) is 4.79. The Morgan fingerprint density at radius 1 is 0.838 bits per heavy atom. The number of carbonyl (C=O) groups is 2. The number of para-hydroxylation sites is 1. The zero-order chi connectivity index (χ0) is 26.3. The van der Waals surface area contributed by atoms with Gasteiger partial charge in [0.1, 0.15) is 17.7 Å². The van der Waals surface area contributed by atoms with Crippen molar-refractivity contribution in [3.8, 4) is 17.2 Å². The summed E-state index contributed by atoms with van der Waals surface area (Å²) in [5.74, 6) is -1.20. The molecule has 0 N–H and O–H groups in total. The third kappa shape index (κ3) is 3.89. The molecular formula is C26H23N3O8. The number of imide groups is 1. The fourth-order valence-electron chi connectivity index (χ4n) is 4.79. The van der Waals surface area contributed by atoms with Crippen LogP contribution >= 0.6 is 0 Å². The molecule has 0 bridgehead atoms. The van der Waals surface area contributed by atoms with Crippen molar-refractivity contribution in [3.05, 3.63) is 82.4 Å². The first kappa shape index (κ1) is 24.1. The average Bonchev–Trinajstić information content (AvgIpc) is 3.43. The average molecular weight is 505 g/mol. The molecular weight excluding hydrogens is 482 g/mol. The van der Waals surface area contributed by atoms with E-state index in [1.807, 2.05) is 0 Å². The van der Waals surface area contributed by atoms with E-state index >= 15 is 0 Å². The van der Waals surface area contributed by atoms with Gasteiger partial charge < -0.3 is 14.2 Å². The second-order valence-electron chi connectivity index (χ2n) is 8.39. The smallest absolute Gasteiger partial charge is 0.278 e. The lowest BCUT2D eigenvalue weighted by atomic mass is 9.89. The number of methoxy groups -OCH3 is 3. The third-order valence-electron chi connectivity index (χ3n) is 6.50. The Morgan fingerprint density at radius 3 is 2.08 bits per heavy atom. The first-order valence-corrected chi connectivity index (χ1v) is 11.3. The molecule has 37 heavy (non-hydrogen) atoms. The number of nitro groups is 1. The summed E-state index contributed by atoms with van der Waals surface area (Å²) in [5.41, 5.74) is 0.732. The Labute approximate surface area is 211 Å². The van der Waals surface area contributed by atoms with Gasteiger partial charge in [-0.3, -0.25) is 24.5 Å². The van der Waals surface area contributed by atoms with Crippen molar-refractivity contribution in [3.63, 3.8) is 0 Å². The van der Waals surface area contributed by atoms with Gasteiger partial charge in [-0.05, 0) is 42.5 Å². The van der Waals surface area contributed by atoms with Crippen LogP contribution in [0.3, 0.4) is 0 Å². The van der Waals surface area contributed by atoms with Crippen LogP contribution in [0.5, 0.6) is 17.2 Å². The molecule has 3 aromatic carbocycles. The molecule has 11 nitrogen and oxygen atoms in total. The van der Waals surface area contributed by atoms with Gasteiger partial charge in [-0.2, -0.15) is 0 Å². The van der Waals surface area contributed by atoms with Crippen LogP contribution in [-0.4, -0.2) is 44.2 Å². The Bertz CT molecular complexity index is 1360. The Hall–Kier alpha value is -4.64. The minimum absolute atomic E-state index is 0.150. The van der Waals surface area contributed by atoms with E-state index in [0.717, 1.165) is 4.90 Å². The van der Waals surface area contributed by atoms with Crippen molar-refractivity contribution in [1.29, 1.82) is 0 Å². The van der Waals surface area contributed by atoms with E-state index < -0.39 is 34.8 Å². The van der Waals surface area contributed by atoms with E-state index in [1.165, 1.54) is 38.5 Å². The van der Waals surface area contributed by atoms with Crippen LogP contribution in [-0.2, 0) is 14.4 Å². The molecule has 0 aliphatic carbocycles. The summed E-state index contributed by atoms with van der Waals surface area (Å²) in [6.07, 6.45) is -1.19. The van der Waals surface area contributed by atoms with Crippen molar-refractivity contribution in [2.45, 2.75) is 12.1 Å². The quantitative estimate of drug-likeness (QED) is 0.269. The van der Waals surface area contributed by atoms with Crippen molar-refractivity contribution in [2.75, 3.05) is 31.3 Å². The van der Waals surface area contributed by atoms with Gasteiger partial charge >= 0.3 is 0 Å². The molecule has 0 saturated carbocycles. The summed E-state index contributed by atoms with van der Waals surface area (Å²) in [6.45, 7) is 0. The maximum absolute atomic E-state index is 13.8. The highest BCUT2D eigenvalue weighted by Gasteiger charge is 2.61. The molecule has 5 rings (SSSR count). The Morgan fingerprint density at radius 2 is 1.49 bits per heavy atom. The van der Waals surface area contributed by atoms with Gasteiger partial charge in [0, 0.05) is 0 Å². The van der Waals surface area contributed by atoms with Crippen molar-refractivity contribution < 1.29 is 33.6 Å². The number of nitrogens with zero attached hydrogens (tertiary/aromatic N) is 3. The molecule has 190 valence electrons. The molecule has 0 unspecified atom stereocenters. The first-order valence-electron chi connectivity index (χ1n) is 11.3. The van der Waals surface area contributed by atoms with E-state index in [2.05, 4.69) is 0 Å². The highest BCUT2D eigenvalue weighted by Crippen LogP contribution is 2.51. The summed E-state index contributed by atoms with van der Waals surface area (Å²) in [7, 11) is 4.29. The number of ether oxygens (including phenoxy) is 3. The number of rotatable bonds is 7. The summed E-state index contributed by atoms with van der Waals surface area (Å²) in [6, 6.07) is 17.0. The number of hydroxylamine groups is 1. The number of anilines is 2. The fraction of sp³-hybridized carbons (Fsp3) is 0.231. The lowest BCUT2D eigenvalue weighted by Crippen LogP contribution is -2.37. The van der Waals surface area contributed by atoms with Crippen LogP contribution < -0.4 is 24.2 Å². The van der Waals surface area contributed by atoms with Gasteiger partial charge in [0.25, 0.3) is 11.6 Å². The monoisotopic (exact) mass is 505 g/mol. The lowest BCUT2D eigenvalue weighted by molar-refractivity contribution is -0.385. The van der Waals surface area contributed by atoms with Gasteiger partial charge in [0.15, 0.2) is 17.6 Å². The topological polar surface area (TPSA) is 121 Å². The first-order chi connectivity index (χ1) is 17.9. The molecule has 2 aliphatic rings. The number of amides is 2. The normalized spacial score (nSPS) is 20.7. The van der Waals surface area contributed by atoms with Gasteiger partial charge in [0.2, 0.25) is 5.91 Å². The number of carbonyl (C=O) groups excluding carboxylic acids is 2. The summed E-state index contributed by atoms with van der Waals surface area (Å²) < 4.78 is 15.8. The van der Waals surface area contributed by atoms with Gasteiger partial charge in [-0.15, -0.1) is 0 Å². The molecule has 3 atom stereocenters. The predicted octanol–water partition coefficient (Wildman–Crippen LogP) is 3.67. The Kier molecular flexibility index (Phi) is 6.14. The van der Waals surface area contributed by atoms with Crippen LogP contribution in [0.1, 0.15) is 11.6 Å². The van der Waals surface area contributed by atoms with Crippen molar-refractivity contribution in [1.82, 2.24) is 0 Å². The largest absolute Gasteiger partial charge is 0.497 e. The van der Waals surface area contributed by atoms with E-state index in [4.69, 9.17) is 19.0 Å². The number of nitro benzene ring substituents is 1. The molecule has 11 heteroatoms. The van der Waals surface area contributed by atoms with Gasteiger partial charge in [-0.1, -0.05) is 18.2 Å². The number of hydrogen-bond donors (Lipinski definition) is 0. The molecule has 3 aromatic rings. The van der Waals surface area contributed by atoms with E-state index in [-0.39, 0.29) is 22.7 Å². The second-order valence-corrected chi connectivity index (χ2v) is 8.39. The van der Waals surface area contributed by atoms with Crippen LogP contribution in [0.2, 0.25) is 0 Å². The zero-order valence-corrected chi connectivity index (χ0v) is 20.2. The molecule has 0 radical (unpaired) electrons. The second kappa shape index (κ2) is 9.43. The molecule has 2 heterocycles. The van der Waals surface area contributed by atoms with E-state index in [1.54, 1.807) is 54.6 Å². The van der Waals surface area contributed by atoms with Crippen LogP contribution in [0.25, 0.3) is 0 Å². The number of fused-ring (bicyclic) bond motifs is 1. The molecule has 2 aliphatic heterocycles. The Balaban J connectivity index is 1.66. The molecule has 2 amide bonds. The minimum atomic E-state index is -1.19. The van der Waals surface area contributed by atoms with Gasteiger partial charge in [-0.25, -0.2) is 9.96 Å². The standard InChI is InChI=1S/C26H23N3O8/c1-34-17-11-9-15(10-12-17)27-25(30)22-23(18-13-20(35-2)21(36-3)14-19(18)29(32)33)28(37-24(22)26(27)31)16-7-5-4-6-8-16/h4-14,22-24H,1-3H3/t22-,23-,24-/m1/s1. The SMILES string of the molecule is COc1ccc(N2C(=O)[C@@H]3[C@@H](c4cc(OC)c(OC)cc4[N+](=O)[O-])N(c4ccccc4)O[C@H]3C2=O)cc1. The maximum Gasteiger partial charge on any atom is 0.278 e. The van der Waals surface area contributed by atoms with Crippen LogP contribution in [0, 0.1) is 16.0 Å².